The van der Waals surface area contributed by atoms with Gasteiger partial charge in [0.15, 0.2) is 0 Å². The van der Waals surface area contributed by atoms with Crippen LogP contribution in [0.1, 0.15) is 44.7 Å². The summed E-state index contributed by atoms with van der Waals surface area (Å²) >= 11 is 0. The number of hydrogen-bond donors (Lipinski definition) is 1. The zero-order chi connectivity index (χ0) is 12.0. The van der Waals surface area contributed by atoms with Crippen LogP contribution < -0.4 is 0 Å². The first-order chi connectivity index (χ1) is 7.61. The second kappa shape index (κ2) is 6.70. The van der Waals surface area contributed by atoms with Gasteiger partial charge in [-0.25, -0.2) is 0 Å². The third kappa shape index (κ3) is 4.80. The van der Waals surface area contributed by atoms with Crippen LogP contribution >= 0.6 is 0 Å². The van der Waals surface area contributed by atoms with E-state index in [9.17, 15) is 5.11 Å². The SMILES string of the molecule is CCC(C)Cc1cccc(CCC(C)O)c1. The van der Waals surface area contributed by atoms with E-state index in [-0.39, 0.29) is 6.10 Å². The summed E-state index contributed by atoms with van der Waals surface area (Å²) < 4.78 is 0. The van der Waals surface area contributed by atoms with Crippen molar-refractivity contribution in [2.45, 2.75) is 52.6 Å². The van der Waals surface area contributed by atoms with E-state index in [0.717, 1.165) is 18.8 Å². The number of hydrogen-bond acceptors (Lipinski definition) is 1. The maximum atomic E-state index is 9.27. The summed E-state index contributed by atoms with van der Waals surface area (Å²) in [5, 5.41) is 9.27. The van der Waals surface area contributed by atoms with Crippen LogP contribution in [-0.4, -0.2) is 11.2 Å². The average Bonchev–Trinajstić information content (AvgIpc) is 2.26. The summed E-state index contributed by atoms with van der Waals surface area (Å²) in [6.07, 6.45) is 4.04. The highest BCUT2D eigenvalue weighted by atomic mass is 16.3. The maximum Gasteiger partial charge on any atom is 0.0515 e. The second-order valence-electron chi connectivity index (χ2n) is 4.93. The van der Waals surface area contributed by atoms with Gasteiger partial charge in [-0.15, -0.1) is 0 Å². The number of aliphatic hydroxyl groups excluding tert-OH is 1. The smallest absolute Gasteiger partial charge is 0.0515 e. The molecular weight excluding hydrogens is 196 g/mol. The lowest BCUT2D eigenvalue weighted by molar-refractivity contribution is 0.185. The van der Waals surface area contributed by atoms with Gasteiger partial charge in [-0.3, -0.25) is 0 Å². The first kappa shape index (κ1) is 13.2. The molecule has 1 aromatic carbocycles. The van der Waals surface area contributed by atoms with Crippen LogP contribution in [-0.2, 0) is 12.8 Å². The van der Waals surface area contributed by atoms with Crippen LogP contribution in [0.5, 0.6) is 0 Å². The van der Waals surface area contributed by atoms with Gasteiger partial charge in [0.1, 0.15) is 0 Å². The molecule has 1 rings (SSSR count). The lowest BCUT2D eigenvalue weighted by Gasteiger charge is -2.10. The first-order valence-electron chi connectivity index (χ1n) is 6.37. The molecule has 0 aliphatic carbocycles. The summed E-state index contributed by atoms with van der Waals surface area (Å²) in [7, 11) is 0. The minimum atomic E-state index is -0.196. The molecular formula is C15H24O. The van der Waals surface area contributed by atoms with Gasteiger partial charge in [0, 0.05) is 0 Å². The Hall–Kier alpha value is -0.820. The molecule has 2 unspecified atom stereocenters. The van der Waals surface area contributed by atoms with Crippen molar-refractivity contribution in [3.63, 3.8) is 0 Å². The summed E-state index contributed by atoms with van der Waals surface area (Å²) in [5.74, 6) is 0.756. The van der Waals surface area contributed by atoms with Crippen molar-refractivity contribution in [1.82, 2.24) is 0 Å². The lowest BCUT2D eigenvalue weighted by atomic mass is 9.96. The standard InChI is InChI=1S/C15H24O/c1-4-12(2)10-15-7-5-6-14(11-15)9-8-13(3)16/h5-7,11-13,16H,4,8-10H2,1-3H3. The number of aliphatic hydroxyl groups is 1. The highest BCUT2D eigenvalue weighted by Crippen LogP contribution is 2.14. The topological polar surface area (TPSA) is 20.2 Å². The van der Waals surface area contributed by atoms with Gasteiger partial charge in [0.2, 0.25) is 0 Å². The Bertz CT molecular complexity index is 304. The van der Waals surface area contributed by atoms with Crippen LogP contribution in [0, 0.1) is 5.92 Å². The number of aryl methyl sites for hydroxylation is 1. The van der Waals surface area contributed by atoms with Gasteiger partial charge < -0.3 is 5.11 Å². The van der Waals surface area contributed by atoms with E-state index in [1.165, 1.54) is 24.0 Å². The summed E-state index contributed by atoms with van der Waals surface area (Å²) in [6, 6.07) is 8.78. The van der Waals surface area contributed by atoms with E-state index in [2.05, 4.69) is 38.1 Å². The van der Waals surface area contributed by atoms with Crippen molar-refractivity contribution in [1.29, 1.82) is 0 Å². The van der Waals surface area contributed by atoms with Crippen molar-refractivity contribution in [2.75, 3.05) is 0 Å². The van der Waals surface area contributed by atoms with E-state index in [1.807, 2.05) is 6.92 Å². The molecule has 0 saturated heterocycles. The Labute approximate surface area is 99.5 Å². The molecule has 0 aromatic heterocycles. The van der Waals surface area contributed by atoms with Gasteiger partial charge >= 0.3 is 0 Å². The average molecular weight is 220 g/mol. The second-order valence-corrected chi connectivity index (χ2v) is 4.93. The fourth-order valence-electron chi connectivity index (χ4n) is 1.83. The summed E-state index contributed by atoms with van der Waals surface area (Å²) in [6.45, 7) is 6.38. The largest absolute Gasteiger partial charge is 0.393 e. The van der Waals surface area contributed by atoms with Crippen molar-refractivity contribution in [2.24, 2.45) is 5.92 Å². The zero-order valence-electron chi connectivity index (χ0n) is 10.7. The first-order valence-corrected chi connectivity index (χ1v) is 6.37. The molecule has 0 aliphatic heterocycles. The molecule has 0 aliphatic rings. The van der Waals surface area contributed by atoms with E-state index in [1.54, 1.807) is 0 Å². The van der Waals surface area contributed by atoms with Gasteiger partial charge in [0.05, 0.1) is 6.10 Å². The van der Waals surface area contributed by atoms with Crippen LogP contribution in [0.3, 0.4) is 0 Å². The van der Waals surface area contributed by atoms with Gasteiger partial charge in [-0.1, -0.05) is 44.5 Å². The van der Waals surface area contributed by atoms with E-state index < -0.39 is 0 Å². The molecule has 1 heteroatoms. The fourth-order valence-corrected chi connectivity index (χ4v) is 1.83. The lowest BCUT2D eigenvalue weighted by Crippen LogP contribution is -2.02. The number of rotatable bonds is 6. The molecule has 0 heterocycles. The van der Waals surface area contributed by atoms with Crippen molar-refractivity contribution >= 4 is 0 Å². The van der Waals surface area contributed by atoms with Crippen LogP contribution in [0.2, 0.25) is 0 Å². The number of benzene rings is 1. The highest BCUT2D eigenvalue weighted by molar-refractivity contribution is 5.24. The predicted octanol–water partition coefficient (Wildman–Crippen LogP) is 3.59. The third-order valence-corrected chi connectivity index (χ3v) is 3.12. The Morgan fingerprint density at radius 2 is 1.88 bits per heavy atom. The fraction of sp³-hybridized carbons (Fsp3) is 0.600. The van der Waals surface area contributed by atoms with Gasteiger partial charge in [-0.05, 0) is 43.2 Å². The highest BCUT2D eigenvalue weighted by Gasteiger charge is 2.03. The normalized spacial score (nSPS) is 14.8. The van der Waals surface area contributed by atoms with E-state index in [4.69, 9.17) is 0 Å². The minimum absolute atomic E-state index is 0.196. The Morgan fingerprint density at radius 1 is 1.19 bits per heavy atom. The van der Waals surface area contributed by atoms with Crippen LogP contribution in [0.15, 0.2) is 24.3 Å². The molecule has 1 nitrogen and oxygen atoms in total. The molecule has 2 atom stereocenters. The molecule has 0 bridgehead atoms. The molecule has 90 valence electrons. The molecule has 0 spiro atoms. The quantitative estimate of drug-likeness (QED) is 0.776. The van der Waals surface area contributed by atoms with Crippen molar-refractivity contribution in [3.8, 4) is 0 Å². The van der Waals surface area contributed by atoms with Crippen LogP contribution in [0.25, 0.3) is 0 Å². The van der Waals surface area contributed by atoms with Gasteiger partial charge in [-0.2, -0.15) is 0 Å². The Morgan fingerprint density at radius 3 is 2.50 bits per heavy atom. The maximum absolute atomic E-state index is 9.27. The molecule has 1 N–H and O–H groups in total. The van der Waals surface area contributed by atoms with Crippen LogP contribution in [0.4, 0.5) is 0 Å². The third-order valence-electron chi connectivity index (χ3n) is 3.12. The molecule has 0 saturated carbocycles. The monoisotopic (exact) mass is 220 g/mol. The van der Waals surface area contributed by atoms with Crippen molar-refractivity contribution in [3.05, 3.63) is 35.4 Å². The molecule has 16 heavy (non-hydrogen) atoms. The molecule has 1 aromatic rings. The summed E-state index contributed by atoms with van der Waals surface area (Å²) in [4.78, 5) is 0. The molecule has 0 amide bonds. The molecule has 0 fully saturated rings. The zero-order valence-corrected chi connectivity index (χ0v) is 10.7. The van der Waals surface area contributed by atoms with Crippen molar-refractivity contribution < 1.29 is 5.11 Å². The molecule has 0 radical (unpaired) electrons. The van der Waals surface area contributed by atoms with E-state index >= 15 is 0 Å². The minimum Gasteiger partial charge on any atom is -0.393 e. The predicted molar refractivity (Wildman–Crippen MR) is 69.6 cm³/mol. The van der Waals surface area contributed by atoms with Gasteiger partial charge in [0.25, 0.3) is 0 Å². The Kier molecular flexibility index (Phi) is 5.54. The Balaban J connectivity index is 2.56. The summed E-state index contributed by atoms with van der Waals surface area (Å²) in [5.41, 5.74) is 2.78. The van der Waals surface area contributed by atoms with E-state index in [0.29, 0.717) is 0 Å².